The molecule has 2 heterocycles. The molecule has 0 aliphatic heterocycles. The Kier molecular flexibility index (Phi) is 6.14. The Balaban J connectivity index is 1.98. The van der Waals surface area contributed by atoms with E-state index in [0.29, 0.717) is 5.56 Å². The highest BCUT2D eigenvalue weighted by Crippen LogP contribution is 2.22. The van der Waals surface area contributed by atoms with Crippen molar-refractivity contribution in [3.8, 4) is 0 Å². The lowest BCUT2D eigenvalue weighted by Gasteiger charge is -2.20. The van der Waals surface area contributed by atoms with Crippen LogP contribution >= 0.6 is 11.3 Å². The number of hydrogen-bond donors (Lipinski definition) is 2. The van der Waals surface area contributed by atoms with Crippen molar-refractivity contribution in [1.29, 1.82) is 0 Å². The van der Waals surface area contributed by atoms with Gasteiger partial charge in [0.05, 0.1) is 31.4 Å². The number of methoxy groups -OCH3 is 1. The summed E-state index contributed by atoms with van der Waals surface area (Å²) in [5.74, 6) is -1.23. The largest absolute Gasteiger partial charge is 0.472 e. The second-order valence-corrected chi connectivity index (χ2v) is 6.04. The van der Waals surface area contributed by atoms with E-state index in [4.69, 9.17) is 4.42 Å². The van der Waals surface area contributed by atoms with Crippen molar-refractivity contribution in [1.82, 2.24) is 10.6 Å². The minimum atomic E-state index is -0.771. The third kappa shape index (κ3) is 4.69. The van der Waals surface area contributed by atoms with Gasteiger partial charge in [0, 0.05) is 4.88 Å². The second-order valence-electron chi connectivity index (χ2n) is 5.06. The standard InChI is InChI=1S/C16H18N2O5S/c1-10(17-16(21)11-5-6-23-9-11)15(20)18-12(8-14(19)22-2)13-4-3-7-24-13/h3-7,9-10,12H,8H2,1-2H3,(H,17,21)(H,18,20)/t10-,12-/m1/s1. The first-order valence-electron chi connectivity index (χ1n) is 7.25. The Morgan fingerprint density at radius 3 is 2.67 bits per heavy atom. The molecule has 0 saturated carbocycles. The lowest BCUT2D eigenvalue weighted by atomic mass is 10.1. The molecular weight excluding hydrogens is 332 g/mol. The highest BCUT2D eigenvalue weighted by molar-refractivity contribution is 7.10. The van der Waals surface area contributed by atoms with Gasteiger partial charge in [-0.3, -0.25) is 14.4 Å². The zero-order chi connectivity index (χ0) is 17.5. The van der Waals surface area contributed by atoms with Crippen molar-refractivity contribution in [2.24, 2.45) is 0 Å². The third-order valence-electron chi connectivity index (χ3n) is 3.33. The molecule has 2 atom stereocenters. The van der Waals surface area contributed by atoms with Gasteiger partial charge in [0.25, 0.3) is 5.91 Å². The van der Waals surface area contributed by atoms with Crippen LogP contribution in [0.5, 0.6) is 0 Å². The van der Waals surface area contributed by atoms with Crippen LogP contribution in [0.1, 0.15) is 34.6 Å². The van der Waals surface area contributed by atoms with Crippen molar-refractivity contribution in [2.75, 3.05) is 7.11 Å². The van der Waals surface area contributed by atoms with Gasteiger partial charge < -0.3 is 19.8 Å². The number of carbonyl (C=O) groups excluding carboxylic acids is 3. The maximum absolute atomic E-state index is 12.3. The fourth-order valence-corrected chi connectivity index (χ4v) is 2.78. The van der Waals surface area contributed by atoms with E-state index in [2.05, 4.69) is 15.4 Å². The SMILES string of the molecule is COC(=O)C[C@@H](NC(=O)[C@@H](C)NC(=O)c1ccoc1)c1cccs1. The van der Waals surface area contributed by atoms with Crippen molar-refractivity contribution in [3.63, 3.8) is 0 Å². The quantitative estimate of drug-likeness (QED) is 0.743. The van der Waals surface area contributed by atoms with E-state index in [1.54, 1.807) is 6.92 Å². The van der Waals surface area contributed by atoms with E-state index in [0.717, 1.165) is 4.88 Å². The molecule has 24 heavy (non-hydrogen) atoms. The van der Waals surface area contributed by atoms with E-state index in [1.165, 1.54) is 37.0 Å². The van der Waals surface area contributed by atoms with Gasteiger partial charge in [0.15, 0.2) is 0 Å². The molecule has 2 amide bonds. The molecule has 0 radical (unpaired) electrons. The molecule has 0 bridgehead atoms. The molecule has 2 aromatic rings. The first-order chi connectivity index (χ1) is 11.5. The van der Waals surface area contributed by atoms with Crippen LogP contribution in [0, 0.1) is 0 Å². The van der Waals surface area contributed by atoms with Gasteiger partial charge in [0.2, 0.25) is 5.91 Å². The van der Waals surface area contributed by atoms with Crippen LogP contribution in [-0.2, 0) is 14.3 Å². The Morgan fingerprint density at radius 1 is 1.29 bits per heavy atom. The molecule has 2 aromatic heterocycles. The number of esters is 1. The molecule has 2 rings (SSSR count). The second kappa shape index (κ2) is 8.30. The zero-order valence-corrected chi connectivity index (χ0v) is 14.1. The van der Waals surface area contributed by atoms with E-state index in [-0.39, 0.29) is 6.42 Å². The number of thiophene rings is 1. The van der Waals surface area contributed by atoms with Crippen LogP contribution < -0.4 is 10.6 Å². The number of furan rings is 1. The molecule has 0 aromatic carbocycles. The van der Waals surface area contributed by atoms with Gasteiger partial charge in [-0.15, -0.1) is 11.3 Å². The Morgan fingerprint density at radius 2 is 2.08 bits per heavy atom. The van der Waals surface area contributed by atoms with Crippen LogP contribution in [0.3, 0.4) is 0 Å². The molecule has 128 valence electrons. The maximum Gasteiger partial charge on any atom is 0.307 e. The van der Waals surface area contributed by atoms with Crippen molar-refractivity contribution < 1.29 is 23.5 Å². The summed E-state index contributed by atoms with van der Waals surface area (Å²) >= 11 is 1.43. The summed E-state index contributed by atoms with van der Waals surface area (Å²) in [6, 6.07) is 3.89. The average Bonchev–Trinajstić information content (AvgIpc) is 3.26. The number of rotatable bonds is 7. The van der Waals surface area contributed by atoms with E-state index in [9.17, 15) is 14.4 Å². The topological polar surface area (TPSA) is 97.6 Å². The van der Waals surface area contributed by atoms with Gasteiger partial charge in [-0.1, -0.05) is 6.07 Å². The predicted molar refractivity (Wildman–Crippen MR) is 87.5 cm³/mol. The van der Waals surface area contributed by atoms with Crippen molar-refractivity contribution in [3.05, 3.63) is 46.5 Å². The van der Waals surface area contributed by atoms with Gasteiger partial charge in [-0.25, -0.2) is 0 Å². The van der Waals surface area contributed by atoms with Gasteiger partial charge in [-0.05, 0) is 24.4 Å². The Hall–Kier alpha value is -2.61. The zero-order valence-electron chi connectivity index (χ0n) is 13.3. The molecule has 0 spiro atoms. The van der Waals surface area contributed by atoms with Crippen molar-refractivity contribution in [2.45, 2.75) is 25.4 Å². The number of nitrogens with one attached hydrogen (secondary N) is 2. The highest BCUT2D eigenvalue weighted by atomic mass is 32.1. The first-order valence-corrected chi connectivity index (χ1v) is 8.13. The molecule has 0 fully saturated rings. The highest BCUT2D eigenvalue weighted by Gasteiger charge is 2.24. The maximum atomic E-state index is 12.3. The van der Waals surface area contributed by atoms with E-state index >= 15 is 0 Å². The molecule has 0 unspecified atom stereocenters. The van der Waals surface area contributed by atoms with Crippen LogP contribution in [-0.4, -0.2) is 30.9 Å². The Labute approximate surface area is 143 Å². The molecular formula is C16H18N2O5S. The average molecular weight is 350 g/mol. The van der Waals surface area contributed by atoms with E-state index < -0.39 is 29.9 Å². The first kappa shape index (κ1) is 17.7. The normalized spacial score (nSPS) is 12.9. The molecule has 0 aliphatic rings. The van der Waals surface area contributed by atoms with Gasteiger partial charge >= 0.3 is 5.97 Å². The summed E-state index contributed by atoms with van der Waals surface area (Å²) in [7, 11) is 1.30. The molecule has 8 heteroatoms. The number of hydrogen-bond acceptors (Lipinski definition) is 6. The minimum absolute atomic E-state index is 0.0190. The summed E-state index contributed by atoms with van der Waals surface area (Å²) in [6.45, 7) is 1.57. The van der Waals surface area contributed by atoms with Crippen LogP contribution in [0.4, 0.5) is 0 Å². The number of amides is 2. The molecule has 0 saturated heterocycles. The fraction of sp³-hybridized carbons (Fsp3) is 0.312. The monoisotopic (exact) mass is 350 g/mol. The predicted octanol–water partition coefficient (Wildman–Crippen LogP) is 1.88. The molecule has 2 N–H and O–H groups in total. The summed E-state index contributed by atoms with van der Waals surface area (Å²) in [5, 5.41) is 7.20. The van der Waals surface area contributed by atoms with E-state index in [1.807, 2.05) is 17.5 Å². The lowest BCUT2D eigenvalue weighted by molar-refractivity contribution is -0.141. The van der Waals surface area contributed by atoms with Crippen LogP contribution in [0.2, 0.25) is 0 Å². The summed E-state index contributed by atoms with van der Waals surface area (Å²) in [5.41, 5.74) is 0.332. The van der Waals surface area contributed by atoms with Crippen LogP contribution in [0.15, 0.2) is 40.5 Å². The fourth-order valence-electron chi connectivity index (χ4n) is 2.00. The summed E-state index contributed by atoms with van der Waals surface area (Å²) in [4.78, 5) is 36.7. The number of carbonyl (C=O) groups is 3. The van der Waals surface area contributed by atoms with Gasteiger partial charge in [-0.2, -0.15) is 0 Å². The Bertz CT molecular complexity index is 681. The minimum Gasteiger partial charge on any atom is -0.472 e. The third-order valence-corrected chi connectivity index (χ3v) is 4.31. The van der Waals surface area contributed by atoms with Crippen molar-refractivity contribution >= 4 is 29.1 Å². The number of ether oxygens (including phenoxy) is 1. The molecule has 0 aliphatic carbocycles. The van der Waals surface area contributed by atoms with Gasteiger partial charge in [0.1, 0.15) is 12.3 Å². The smallest absolute Gasteiger partial charge is 0.307 e. The summed E-state index contributed by atoms with van der Waals surface area (Å²) < 4.78 is 9.50. The summed E-state index contributed by atoms with van der Waals surface area (Å²) in [6.07, 6.45) is 2.69. The molecule has 7 nitrogen and oxygen atoms in total. The van der Waals surface area contributed by atoms with Crippen LogP contribution in [0.25, 0.3) is 0 Å². The lowest BCUT2D eigenvalue weighted by Crippen LogP contribution is -2.46.